The van der Waals surface area contributed by atoms with Crippen LogP contribution in [0.15, 0.2) is 72.8 Å². The van der Waals surface area contributed by atoms with Crippen LogP contribution in [0, 0.1) is 11.6 Å². The van der Waals surface area contributed by atoms with E-state index in [2.05, 4.69) is 5.32 Å². The van der Waals surface area contributed by atoms with Crippen LogP contribution in [0.3, 0.4) is 0 Å². The molecule has 0 spiro atoms. The second-order valence-corrected chi connectivity index (χ2v) is 6.39. The molecule has 0 heterocycles. The van der Waals surface area contributed by atoms with Gasteiger partial charge in [0.05, 0.1) is 12.7 Å². The maximum atomic E-state index is 13.7. The minimum atomic E-state index is -0.930. The number of methoxy groups -OCH3 is 1. The first kappa shape index (κ1) is 21.7. The molecule has 0 saturated carbocycles. The van der Waals surface area contributed by atoms with Gasteiger partial charge in [-0.3, -0.25) is 4.79 Å². The predicted molar refractivity (Wildman–Crippen MR) is 113 cm³/mol. The van der Waals surface area contributed by atoms with Gasteiger partial charge in [0.15, 0.2) is 6.61 Å². The van der Waals surface area contributed by atoms with Crippen molar-refractivity contribution in [2.45, 2.75) is 0 Å². The summed E-state index contributed by atoms with van der Waals surface area (Å²) in [6.45, 7) is -0.720. The van der Waals surface area contributed by atoms with Crippen LogP contribution in [-0.2, 0) is 14.3 Å². The molecule has 7 heteroatoms. The molecule has 0 saturated heterocycles. The number of esters is 1. The van der Waals surface area contributed by atoms with Crippen LogP contribution in [-0.4, -0.2) is 25.6 Å². The van der Waals surface area contributed by atoms with E-state index in [1.54, 1.807) is 60.7 Å². The van der Waals surface area contributed by atoms with Crippen molar-refractivity contribution in [1.29, 1.82) is 0 Å². The third-order valence-corrected chi connectivity index (χ3v) is 4.31. The number of hydrogen-bond donors (Lipinski definition) is 1. The van der Waals surface area contributed by atoms with E-state index in [0.29, 0.717) is 16.9 Å². The number of hydrogen-bond acceptors (Lipinski definition) is 4. The molecule has 0 aliphatic rings. The molecule has 3 aromatic rings. The number of nitrogens with one attached hydrogen (secondary N) is 1. The van der Waals surface area contributed by atoms with Crippen LogP contribution in [0.5, 0.6) is 5.75 Å². The maximum Gasteiger partial charge on any atom is 0.339 e. The van der Waals surface area contributed by atoms with Crippen LogP contribution in [0.4, 0.5) is 14.5 Å². The summed E-state index contributed by atoms with van der Waals surface area (Å²) in [5, 5.41) is 2.07. The summed E-state index contributed by atoms with van der Waals surface area (Å²) in [6, 6.07) is 19.0. The van der Waals surface area contributed by atoms with E-state index >= 15 is 0 Å². The fourth-order valence-electron chi connectivity index (χ4n) is 2.82. The Labute approximate surface area is 177 Å². The zero-order valence-electron chi connectivity index (χ0n) is 16.6. The van der Waals surface area contributed by atoms with E-state index in [4.69, 9.17) is 9.47 Å². The Balaban J connectivity index is 1.79. The SMILES string of the molecule is COc1ccccc1C=C(C(=O)OCC(=O)Nc1c(F)cccc1F)c1ccccc1. The highest BCUT2D eigenvalue weighted by molar-refractivity contribution is 6.22. The minimum Gasteiger partial charge on any atom is -0.496 e. The highest BCUT2D eigenvalue weighted by Gasteiger charge is 2.18. The summed E-state index contributed by atoms with van der Waals surface area (Å²) in [7, 11) is 1.51. The fourth-order valence-corrected chi connectivity index (χ4v) is 2.82. The molecular formula is C24H19F2NO4. The van der Waals surface area contributed by atoms with Gasteiger partial charge in [-0.15, -0.1) is 0 Å². The molecule has 0 fully saturated rings. The van der Waals surface area contributed by atoms with E-state index in [1.807, 2.05) is 0 Å². The van der Waals surface area contributed by atoms with Gasteiger partial charge in [0.1, 0.15) is 23.1 Å². The Morgan fingerprint density at radius 3 is 2.23 bits per heavy atom. The number of amides is 1. The second kappa shape index (κ2) is 10.2. The van der Waals surface area contributed by atoms with Crippen molar-refractivity contribution in [3.05, 3.63) is 95.6 Å². The van der Waals surface area contributed by atoms with E-state index in [9.17, 15) is 18.4 Å². The second-order valence-electron chi connectivity index (χ2n) is 6.39. The smallest absolute Gasteiger partial charge is 0.339 e. The lowest BCUT2D eigenvalue weighted by molar-refractivity contribution is -0.141. The van der Waals surface area contributed by atoms with Gasteiger partial charge in [-0.05, 0) is 29.8 Å². The molecule has 0 aliphatic carbocycles. The summed E-state index contributed by atoms with van der Waals surface area (Å²) in [4.78, 5) is 24.9. The van der Waals surface area contributed by atoms with Crippen LogP contribution < -0.4 is 10.1 Å². The average Bonchev–Trinajstić information content (AvgIpc) is 2.79. The van der Waals surface area contributed by atoms with Gasteiger partial charge in [-0.2, -0.15) is 0 Å². The van der Waals surface area contributed by atoms with Gasteiger partial charge < -0.3 is 14.8 Å². The number of carbonyl (C=O) groups is 2. The van der Waals surface area contributed by atoms with Crippen molar-refractivity contribution in [3.63, 3.8) is 0 Å². The van der Waals surface area contributed by atoms with Crippen molar-refractivity contribution in [1.82, 2.24) is 0 Å². The molecule has 0 unspecified atom stereocenters. The summed E-state index contributed by atoms with van der Waals surface area (Å²) in [5.74, 6) is -2.96. The largest absolute Gasteiger partial charge is 0.496 e. The minimum absolute atomic E-state index is 0.190. The molecular weight excluding hydrogens is 404 g/mol. The average molecular weight is 423 g/mol. The molecule has 158 valence electrons. The topological polar surface area (TPSA) is 64.6 Å². The van der Waals surface area contributed by atoms with Gasteiger partial charge in [0.2, 0.25) is 0 Å². The number of benzene rings is 3. The predicted octanol–water partition coefficient (Wildman–Crippen LogP) is 4.70. The molecule has 3 rings (SSSR count). The standard InChI is InChI=1S/C24H19F2NO4/c1-30-21-13-6-5-10-17(21)14-18(16-8-3-2-4-9-16)24(29)31-15-22(28)27-23-19(25)11-7-12-20(23)26/h2-14H,15H2,1H3,(H,27,28). The normalized spacial score (nSPS) is 11.0. The van der Waals surface area contributed by atoms with Crippen LogP contribution in [0.2, 0.25) is 0 Å². The van der Waals surface area contributed by atoms with Gasteiger partial charge in [-0.25, -0.2) is 13.6 Å². The highest BCUT2D eigenvalue weighted by Crippen LogP contribution is 2.25. The number of halogens is 2. The molecule has 1 amide bonds. The first-order valence-electron chi connectivity index (χ1n) is 9.30. The number of para-hydroxylation sites is 2. The van der Waals surface area contributed by atoms with E-state index < -0.39 is 35.8 Å². The molecule has 5 nitrogen and oxygen atoms in total. The fraction of sp³-hybridized carbons (Fsp3) is 0.0833. The van der Waals surface area contributed by atoms with Crippen LogP contribution in [0.25, 0.3) is 11.6 Å². The molecule has 3 aromatic carbocycles. The highest BCUT2D eigenvalue weighted by atomic mass is 19.1. The summed E-state index contributed by atoms with van der Waals surface area (Å²) in [6.07, 6.45) is 1.59. The molecule has 0 bridgehead atoms. The number of ether oxygens (including phenoxy) is 2. The first-order chi connectivity index (χ1) is 15.0. The van der Waals surface area contributed by atoms with E-state index in [1.165, 1.54) is 13.2 Å². The Morgan fingerprint density at radius 2 is 1.55 bits per heavy atom. The Bertz CT molecular complexity index is 1090. The first-order valence-corrected chi connectivity index (χ1v) is 9.30. The van der Waals surface area contributed by atoms with E-state index in [0.717, 1.165) is 12.1 Å². The quantitative estimate of drug-likeness (QED) is 0.340. The lowest BCUT2D eigenvalue weighted by Crippen LogP contribution is -2.22. The van der Waals surface area contributed by atoms with Crippen LogP contribution in [0.1, 0.15) is 11.1 Å². The van der Waals surface area contributed by atoms with E-state index in [-0.39, 0.29) is 5.57 Å². The molecule has 31 heavy (non-hydrogen) atoms. The van der Waals surface area contributed by atoms with Crippen molar-refractivity contribution >= 4 is 29.2 Å². The summed E-state index contributed by atoms with van der Waals surface area (Å²) in [5.41, 5.74) is 0.795. The lowest BCUT2D eigenvalue weighted by Gasteiger charge is -2.11. The Morgan fingerprint density at radius 1 is 0.903 bits per heavy atom. The maximum absolute atomic E-state index is 13.7. The lowest BCUT2D eigenvalue weighted by atomic mass is 10.0. The van der Waals surface area contributed by atoms with Gasteiger partial charge in [0, 0.05) is 5.56 Å². The summed E-state index contributed by atoms with van der Waals surface area (Å²) < 4.78 is 37.8. The number of rotatable bonds is 7. The van der Waals surface area contributed by atoms with Crippen LogP contribution >= 0.6 is 0 Å². The van der Waals surface area contributed by atoms with Crippen molar-refractivity contribution < 1.29 is 27.8 Å². The van der Waals surface area contributed by atoms with Gasteiger partial charge in [0.25, 0.3) is 5.91 Å². The van der Waals surface area contributed by atoms with Crippen molar-refractivity contribution in [2.24, 2.45) is 0 Å². The zero-order valence-corrected chi connectivity index (χ0v) is 16.6. The van der Waals surface area contributed by atoms with Crippen molar-refractivity contribution in [3.8, 4) is 5.75 Å². The Hall–Kier alpha value is -4.00. The zero-order chi connectivity index (χ0) is 22.2. The number of carbonyl (C=O) groups excluding carboxylic acids is 2. The Kier molecular flexibility index (Phi) is 7.11. The molecule has 0 aliphatic heterocycles. The molecule has 0 atom stereocenters. The molecule has 0 radical (unpaired) electrons. The monoisotopic (exact) mass is 423 g/mol. The van der Waals surface area contributed by atoms with Gasteiger partial charge >= 0.3 is 5.97 Å². The number of anilines is 1. The van der Waals surface area contributed by atoms with Gasteiger partial charge in [-0.1, -0.05) is 54.6 Å². The van der Waals surface area contributed by atoms with Crippen molar-refractivity contribution in [2.75, 3.05) is 19.0 Å². The summed E-state index contributed by atoms with van der Waals surface area (Å²) >= 11 is 0. The molecule has 0 aromatic heterocycles. The third kappa shape index (κ3) is 5.54. The third-order valence-electron chi connectivity index (χ3n) is 4.31. The molecule has 1 N–H and O–H groups in total.